The lowest BCUT2D eigenvalue weighted by atomic mass is 10.1. The quantitative estimate of drug-likeness (QED) is 0.717. The summed E-state index contributed by atoms with van der Waals surface area (Å²) < 4.78 is 0. The van der Waals surface area contributed by atoms with Crippen molar-refractivity contribution in [2.75, 3.05) is 0 Å². The molecule has 0 saturated carbocycles. The number of benzene rings is 2. The van der Waals surface area contributed by atoms with Gasteiger partial charge >= 0.3 is 0 Å². The van der Waals surface area contributed by atoms with Gasteiger partial charge in [-0.2, -0.15) is 0 Å². The van der Waals surface area contributed by atoms with Crippen LogP contribution in [0.4, 0.5) is 0 Å². The monoisotopic (exact) mass is 382 g/mol. The summed E-state index contributed by atoms with van der Waals surface area (Å²) in [6, 6.07) is 17.6. The Morgan fingerprint density at radius 3 is 2.58 bits per heavy atom. The van der Waals surface area contributed by atoms with Gasteiger partial charge in [0.1, 0.15) is 11.1 Å². The standard InChI is InChI=1S/C19H14N2O3S2/c22-14-8-3-1-6-12(14)19-21(20-17(23)16-10-5-11-25-16)18(24)13-7-2-4-9-15(13)26-19/h1-11,19,22H,(H,20,23). The Bertz CT molecular complexity index is 972. The molecule has 2 amide bonds. The molecule has 0 radical (unpaired) electrons. The number of phenolic OH excluding ortho intramolecular Hbond substituents is 1. The van der Waals surface area contributed by atoms with Crippen LogP contribution >= 0.6 is 23.1 Å². The number of nitrogens with one attached hydrogen (secondary N) is 1. The second kappa shape index (κ2) is 6.86. The SMILES string of the molecule is O=C(NN1C(=O)c2ccccc2SC1c1ccccc1O)c1cccs1. The van der Waals surface area contributed by atoms with E-state index in [2.05, 4.69) is 5.43 Å². The summed E-state index contributed by atoms with van der Waals surface area (Å²) in [6.45, 7) is 0. The molecule has 2 N–H and O–H groups in total. The van der Waals surface area contributed by atoms with E-state index >= 15 is 0 Å². The predicted octanol–water partition coefficient (Wildman–Crippen LogP) is 4.05. The van der Waals surface area contributed by atoms with Crippen molar-refractivity contribution in [1.29, 1.82) is 0 Å². The predicted molar refractivity (Wildman–Crippen MR) is 101 cm³/mol. The van der Waals surface area contributed by atoms with Crippen molar-refractivity contribution >= 4 is 34.9 Å². The van der Waals surface area contributed by atoms with E-state index in [0.717, 1.165) is 4.90 Å². The van der Waals surface area contributed by atoms with E-state index < -0.39 is 5.37 Å². The van der Waals surface area contributed by atoms with Crippen LogP contribution in [0.1, 0.15) is 31.0 Å². The molecule has 0 bridgehead atoms. The van der Waals surface area contributed by atoms with E-state index in [1.54, 1.807) is 53.9 Å². The van der Waals surface area contributed by atoms with Gasteiger partial charge in [0.15, 0.2) is 0 Å². The van der Waals surface area contributed by atoms with Crippen molar-refractivity contribution in [2.24, 2.45) is 0 Å². The van der Waals surface area contributed by atoms with Crippen molar-refractivity contribution in [3.63, 3.8) is 0 Å². The Morgan fingerprint density at radius 1 is 1.04 bits per heavy atom. The van der Waals surface area contributed by atoms with Gasteiger partial charge < -0.3 is 5.11 Å². The second-order valence-corrected chi connectivity index (χ2v) is 7.69. The number of amides is 2. The minimum atomic E-state index is -0.567. The van der Waals surface area contributed by atoms with Gasteiger partial charge in [-0.05, 0) is 29.6 Å². The number of aromatic hydroxyl groups is 1. The number of carbonyl (C=O) groups excluding carboxylic acids is 2. The maximum absolute atomic E-state index is 13.0. The van der Waals surface area contributed by atoms with Gasteiger partial charge in [0.25, 0.3) is 11.8 Å². The highest BCUT2D eigenvalue weighted by atomic mass is 32.2. The number of hydrogen-bond acceptors (Lipinski definition) is 5. The first-order valence-electron chi connectivity index (χ1n) is 7.87. The molecule has 7 heteroatoms. The zero-order chi connectivity index (χ0) is 18.1. The average Bonchev–Trinajstić information content (AvgIpc) is 3.19. The number of hydrazine groups is 1. The fourth-order valence-corrected chi connectivity index (χ4v) is 4.61. The van der Waals surface area contributed by atoms with E-state index in [1.165, 1.54) is 28.1 Å². The highest BCUT2D eigenvalue weighted by Crippen LogP contribution is 2.46. The van der Waals surface area contributed by atoms with E-state index in [4.69, 9.17) is 0 Å². The average molecular weight is 382 g/mol. The fraction of sp³-hybridized carbons (Fsp3) is 0.0526. The molecule has 0 aliphatic carbocycles. The summed E-state index contributed by atoms with van der Waals surface area (Å²) in [5, 5.41) is 12.8. The number of thioether (sulfide) groups is 1. The Balaban J connectivity index is 1.75. The van der Waals surface area contributed by atoms with Crippen molar-refractivity contribution in [2.45, 2.75) is 10.3 Å². The molecule has 3 aromatic rings. The zero-order valence-corrected chi connectivity index (χ0v) is 15.1. The van der Waals surface area contributed by atoms with E-state index in [0.29, 0.717) is 16.0 Å². The first-order chi connectivity index (χ1) is 12.6. The summed E-state index contributed by atoms with van der Waals surface area (Å²) in [5.41, 5.74) is 3.80. The van der Waals surface area contributed by atoms with Gasteiger partial charge in [0, 0.05) is 10.5 Å². The maximum atomic E-state index is 13.0. The number of nitrogens with zero attached hydrogens (tertiary/aromatic N) is 1. The number of carbonyl (C=O) groups is 2. The molecule has 1 aromatic heterocycles. The molecule has 130 valence electrons. The molecule has 1 atom stereocenters. The van der Waals surface area contributed by atoms with Crippen LogP contribution in [0.2, 0.25) is 0 Å². The Morgan fingerprint density at radius 2 is 1.81 bits per heavy atom. The smallest absolute Gasteiger partial charge is 0.279 e. The highest BCUT2D eigenvalue weighted by Gasteiger charge is 2.36. The van der Waals surface area contributed by atoms with Gasteiger partial charge in [-0.25, -0.2) is 5.01 Å². The molecule has 0 spiro atoms. The van der Waals surface area contributed by atoms with E-state index in [-0.39, 0.29) is 17.6 Å². The minimum Gasteiger partial charge on any atom is -0.508 e. The van der Waals surface area contributed by atoms with Crippen LogP contribution in [-0.2, 0) is 0 Å². The fourth-order valence-electron chi connectivity index (χ4n) is 2.74. The van der Waals surface area contributed by atoms with Crippen LogP contribution in [-0.4, -0.2) is 21.9 Å². The number of fused-ring (bicyclic) bond motifs is 1. The highest BCUT2D eigenvalue weighted by molar-refractivity contribution is 7.99. The molecule has 2 aromatic carbocycles. The molecule has 1 aliphatic rings. The summed E-state index contributed by atoms with van der Waals surface area (Å²) >= 11 is 2.71. The van der Waals surface area contributed by atoms with E-state index in [9.17, 15) is 14.7 Å². The van der Waals surface area contributed by atoms with Gasteiger partial charge in [0.05, 0.1) is 10.4 Å². The Hall–Kier alpha value is -2.77. The molecule has 0 fully saturated rings. The number of hydrogen-bond donors (Lipinski definition) is 2. The lowest BCUT2D eigenvalue weighted by molar-refractivity contribution is 0.0547. The summed E-state index contributed by atoms with van der Waals surface area (Å²) in [4.78, 5) is 26.9. The summed E-state index contributed by atoms with van der Waals surface area (Å²) in [6.07, 6.45) is 0. The molecule has 26 heavy (non-hydrogen) atoms. The van der Waals surface area contributed by atoms with Crippen LogP contribution in [0.15, 0.2) is 70.9 Å². The maximum Gasteiger partial charge on any atom is 0.279 e. The second-order valence-electron chi connectivity index (χ2n) is 5.62. The number of thiophene rings is 1. The molecule has 2 heterocycles. The van der Waals surface area contributed by atoms with Crippen LogP contribution < -0.4 is 5.43 Å². The normalized spacial score (nSPS) is 16.2. The van der Waals surface area contributed by atoms with Crippen molar-refractivity contribution in [3.8, 4) is 5.75 Å². The first kappa shape index (κ1) is 16.7. The lowest BCUT2D eigenvalue weighted by Crippen LogP contribution is -2.49. The molecule has 5 nitrogen and oxygen atoms in total. The van der Waals surface area contributed by atoms with Crippen LogP contribution in [0.25, 0.3) is 0 Å². The van der Waals surface area contributed by atoms with Gasteiger partial charge in [0.2, 0.25) is 0 Å². The molecule has 0 saturated heterocycles. The van der Waals surface area contributed by atoms with Crippen LogP contribution in [0, 0.1) is 0 Å². The Labute approximate surface area is 158 Å². The largest absolute Gasteiger partial charge is 0.508 e. The third-order valence-electron chi connectivity index (χ3n) is 3.98. The molecule has 1 aliphatic heterocycles. The molecule has 1 unspecified atom stereocenters. The third kappa shape index (κ3) is 2.95. The van der Waals surface area contributed by atoms with Gasteiger partial charge in [-0.3, -0.25) is 15.0 Å². The number of para-hydroxylation sites is 1. The number of rotatable bonds is 3. The van der Waals surface area contributed by atoms with Crippen LogP contribution in [0.5, 0.6) is 5.75 Å². The first-order valence-corrected chi connectivity index (χ1v) is 9.62. The lowest BCUT2D eigenvalue weighted by Gasteiger charge is -2.36. The van der Waals surface area contributed by atoms with Crippen molar-refractivity contribution in [3.05, 3.63) is 82.0 Å². The van der Waals surface area contributed by atoms with E-state index in [1.807, 2.05) is 12.1 Å². The van der Waals surface area contributed by atoms with Crippen molar-refractivity contribution < 1.29 is 14.7 Å². The number of phenols is 1. The Kier molecular flexibility index (Phi) is 4.40. The van der Waals surface area contributed by atoms with Gasteiger partial charge in [-0.15, -0.1) is 11.3 Å². The molecule has 4 rings (SSSR count). The molecular formula is C19H14N2O3S2. The van der Waals surface area contributed by atoms with Crippen LogP contribution in [0.3, 0.4) is 0 Å². The van der Waals surface area contributed by atoms with Gasteiger partial charge in [-0.1, -0.05) is 48.2 Å². The minimum absolute atomic E-state index is 0.0764. The summed E-state index contributed by atoms with van der Waals surface area (Å²) in [5.74, 6) is -0.584. The molecular weight excluding hydrogens is 368 g/mol. The third-order valence-corrected chi connectivity index (χ3v) is 6.15. The van der Waals surface area contributed by atoms with Crippen molar-refractivity contribution in [1.82, 2.24) is 10.4 Å². The topological polar surface area (TPSA) is 69.6 Å². The summed E-state index contributed by atoms with van der Waals surface area (Å²) in [7, 11) is 0. The zero-order valence-electron chi connectivity index (χ0n) is 13.5.